The number of halogens is 1. The molecule has 2 aromatic heterocycles. The minimum absolute atomic E-state index is 0.239. The van der Waals surface area contributed by atoms with Gasteiger partial charge in [0.05, 0.1) is 5.39 Å². The maximum Gasteiger partial charge on any atom is 0.407 e. The fourth-order valence-electron chi connectivity index (χ4n) is 1.75. The van der Waals surface area contributed by atoms with Crippen molar-refractivity contribution in [3.8, 4) is 0 Å². The Labute approximate surface area is 134 Å². The van der Waals surface area contributed by atoms with Gasteiger partial charge in [-0.1, -0.05) is 0 Å². The van der Waals surface area contributed by atoms with Crippen molar-refractivity contribution in [2.75, 3.05) is 27.2 Å². The molecular weight excluding hydrogens is 389 g/mol. The highest BCUT2D eigenvalue weighted by Gasteiger charge is 2.16. The summed E-state index contributed by atoms with van der Waals surface area (Å²) in [6, 6.07) is 1.52. The smallest absolute Gasteiger partial charge is 0.407 e. The summed E-state index contributed by atoms with van der Waals surface area (Å²) in [7, 11) is 3.08. The highest BCUT2D eigenvalue weighted by molar-refractivity contribution is 14.1. The van der Waals surface area contributed by atoms with Crippen LogP contribution in [0.25, 0.3) is 11.0 Å². The fraction of sp³-hybridized carbons (Fsp3) is 0.333. The molecule has 112 valence electrons. The largest absolute Gasteiger partial charge is 0.465 e. The molecule has 0 saturated carbocycles. The van der Waals surface area contributed by atoms with E-state index in [4.69, 9.17) is 5.11 Å². The summed E-state index contributed by atoms with van der Waals surface area (Å²) < 4.78 is 2.21. The van der Waals surface area contributed by atoms with Crippen molar-refractivity contribution in [2.24, 2.45) is 0 Å². The standard InChI is InChI=1S/C12H14IN5O3/c1-16(5-6-17(2)12(20)21)11(19)18-4-3-8-9(13)14-7-15-10(8)18/h3-4,7H,5-6H2,1-2H3,(H,20,21). The van der Waals surface area contributed by atoms with Gasteiger partial charge in [-0.2, -0.15) is 0 Å². The molecule has 0 fully saturated rings. The second kappa shape index (κ2) is 6.24. The Kier molecular flexibility index (Phi) is 4.60. The van der Waals surface area contributed by atoms with E-state index < -0.39 is 6.09 Å². The van der Waals surface area contributed by atoms with Crippen LogP contribution in [0.15, 0.2) is 18.6 Å². The predicted molar refractivity (Wildman–Crippen MR) is 84.3 cm³/mol. The molecule has 0 spiro atoms. The number of fused-ring (bicyclic) bond motifs is 1. The first-order valence-corrected chi connectivity index (χ1v) is 7.16. The van der Waals surface area contributed by atoms with E-state index in [1.54, 1.807) is 19.3 Å². The number of hydrogen-bond donors (Lipinski definition) is 1. The second-order valence-corrected chi connectivity index (χ2v) is 5.52. The van der Waals surface area contributed by atoms with Gasteiger partial charge in [0.2, 0.25) is 0 Å². The summed E-state index contributed by atoms with van der Waals surface area (Å²) in [6.07, 6.45) is 2.03. The Balaban J connectivity index is 2.15. The summed E-state index contributed by atoms with van der Waals surface area (Å²) in [5, 5.41) is 9.60. The van der Waals surface area contributed by atoms with Gasteiger partial charge in [-0.25, -0.2) is 19.6 Å². The zero-order valence-electron chi connectivity index (χ0n) is 11.5. The van der Waals surface area contributed by atoms with Crippen LogP contribution < -0.4 is 0 Å². The molecule has 0 bridgehead atoms. The Morgan fingerprint density at radius 1 is 1.29 bits per heavy atom. The normalized spacial score (nSPS) is 10.6. The third kappa shape index (κ3) is 3.23. The molecule has 0 aliphatic heterocycles. The minimum Gasteiger partial charge on any atom is -0.465 e. The maximum atomic E-state index is 12.4. The number of rotatable bonds is 3. The number of amides is 2. The third-order valence-electron chi connectivity index (χ3n) is 3.06. The number of hydrogen-bond acceptors (Lipinski definition) is 4. The van der Waals surface area contributed by atoms with Crippen LogP contribution in [0.1, 0.15) is 0 Å². The molecule has 0 radical (unpaired) electrons. The van der Waals surface area contributed by atoms with Gasteiger partial charge in [0.25, 0.3) is 0 Å². The van der Waals surface area contributed by atoms with E-state index in [1.807, 2.05) is 0 Å². The lowest BCUT2D eigenvalue weighted by atomic mass is 10.4. The van der Waals surface area contributed by atoms with E-state index in [0.717, 1.165) is 14.0 Å². The molecule has 1 N–H and O–H groups in total. The predicted octanol–water partition coefficient (Wildman–Crippen LogP) is 1.55. The van der Waals surface area contributed by atoms with Gasteiger partial charge in [0, 0.05) is 33.4 Å². The second-order valence-electron chi connectivity index (χ2n) is 4.50. The van der Waals surface area contributed by atoms with Crippen molar-refractivity contribution in [1.29, 1.82) is 0 Å². The lowest BCUT2D eigenvalue weighted by Crippen LogP contribution is -2.38. The van der Waals surface area contributed by atoms with Crippen LogP contribution in [0.5, 0.6) is 0 Å². The van der Waals surface area contributed by atoms with Gasteiger partial charge < -0.3 is 14.9 Å². The van der Waals surface area contributed by atoms with Gasteiger partial charge in [0.1, 0.15) is 10.0 Å². The first-order chi connectivity index (χ1) is 9.91. The molecule has 2 aromatic rings. The van der Waals surface area contributed by atoms with Crippen molar-refractivity contribution in [2.45, 2.75) is 0 Å². The molecule has 9 heteroatoms. The quantitative estimate of drug-likeness (QED) is 0.620. The number of carboxylic acid groups (broad SMARTS) is 1. The van der Waals surface area contributed by atoms with Crippen LogP contribution in [0.2, 0.25) is 0 Å². The summed E-state index contributed by atoms with van der Waals surface area (Å²) in [5.41, 5.74) is 0.540. The summed E-state index contributed by atoms with van der Waals surface area (Å²) in [6.45, 7) is 0.534. The van der Waals surface area contributed by atoms with Gasteiger partial charge in [-0.15, -0.1) is 0 Å². The molecule has 0 aromatic carbocycles. The van der Waals surface area contributed by atoms with Crippen molar-refractivity contribution in [3.63, 3.8) is 0 Å². The molecule has 2 rings (SSSR count). The summed E-state index contributed by atoms with van der Waals surface area (Å²) in [4.78, 5) is 33.9. The van der Waals surface area contributed by atoms with Crippen molar-refractivity contribution in [3.05, 3.63) is 22.3 Å². The van der Waals surface area contributed by atoms with Crippen LogP contribution >= 0.6 is 22.6 Å². The minimum atomic E-state index is -1.02. The Morgan fingerprint density at radius 3 is 2.62 bits per heavy atom. The first-order valence-electron chi connectivity index (χ1n) is 6.09. The van der Waals surface area contributed by atoms with E-state index in [2.05, 4.69) is 32.6 Å². The Hall–Kier alpha value is -1.91. The topological polar surface area (TPSA) is 91.6 Å². The highest BCUT2D eigenvalue weighted by Crippen LogP contribution is 2.18. The van der Waals surface area contributed by atoms with Crippen LogP contribution in [-0.4, -0.2) is 68.8 Å². The van der Waals surface area contributed by atoms with Gasteiger partial charge in [0.15, 0.2) is 5.65 Å². The molecule has 2 heterocycles. The average molecular weight is 403 g/mol. The van der Waals surface area contributed by atoms with Gasteiger partial charge in [-0.05, 0) is 28.7 Å². The first kappa shape index (κ1) is 15.5. The Morgan fingerprint density at radius 2 is 1.95 bits per heavy atom. The lowest BCUT2D eigenvalue weighted by molar-refractivity contribution is 0.150. The average Bonchev–Trinajstić information content (AvgIpc) is 2.88. The van der Waals surface area contributed by atoms with E-state index >= 15 is 0 Å². The number of carbonyl (C=O) groups is 2. The number of nitrogens with zero attached hydrogens (tertiary/aromatic N) is 5. The highest BCUT2D eigenvalue weighted by atomic mass is 127. The fourth-order valence-corrected chi connectivity index (χ4v) is 2.30. The van der Waals surface area contributed by atoms with Crippen molar-refractivity contribution < 1.29 is 14.7 Å². The van der Waals surface area contributed by atoms with Crippen LogP contribution in [0.4, 0.5) is 9.59 Å². The van der Waals surface area contributed by atoms with Crippen molar-refractivity contribution in [1.82, 2.24) is 24.3 Å². The molecule has 0 unspecified atom stereocenters. The van der Waals surface area contributed by atoms with E-state index in [0.29, 0.717) is 12.2 Å². The summed E-state index contributed by atoms with van der Waals surface area (Å²) in [5.74, 6) is 0. The molecule has 0 saturated heterocycles. The molecule has 8 nitrogen and oxygen atoms in total. The van der Waals surface area contributed by atoms with Crippen LogP contribution in [0, 0.1) is 3.70 Å². The number of likely N-dealkylation sites (N-methyl/N-ethyl adjacent to an activating group) is 2. The molecule has 21 heavy (non-hydrogen) atoms. The molecule has 0 atom stereocenters. The zero-order valence-corrected chi connectivity index (χ0v) is 13.7. The molecule has 2 amide bonds. The maximum absolute atomic E-state index is 12.4. The lowest BCUT2D eigenvalue weighted by Gasteiger charge is -2.20. The van der Waals surface area contributed by atoms with Crippen molar-refractivity contribution >= 4 is 45.7 Å². The van der Waals surface area contributed by atoms with Gasteiger partial charge >= 0.3 is 12.1 Å². The van der Waals surface area contributed by atoms with E-state index in [9.17, 15) is 9.59 Å². The van der Waals surface area contributed by atoms with Crippen LogP contribution in [0.3, 0.4) is 0 Å². The number of aromatic nitrogens is 3. The molecule has 0 aliphatic rings. The molecule has 0 aliphatic carbocycles. The SMILES string of the molecule is CN(CCN(C)C(=O)n1ccc2c(I)ncnc21)C(=O)O. The summed E-state index contributed by atoms with van der Waals surface area (Å²) >= 11 is 2.08. The molecular formula is C12H14IN5O3. The Bertz CT molecular complexity index is 687. The third-order valence-corrected chi connectivity index (χ3v) is 3.92. The van der Waals surface area contributed by atoms with E-state index in [1.165, 1.54) is 22.8 Å². The van der Waals surface area contributed by atoms with Crippen LogP contribution in [-0.2, 0) is 0 Å². The van der Waals surface area contributed by atoms with E-state index in [-0.39, 0.29) is 12.6 Å². The monoisotopic (exact) mass is 403 g/mol. The van der Waals surface area contributed by atoms with Gasteiger partial charge in [-0.3, -0.25) is 4.57 Å². The number of carbonyl (C=O) groups excluding carboxylic acids is 1. The zero-order chi connectivity index (χ0) is 15.6.